The van der Waals surface area contributed by atoms with Crippen LogP contribution in [0.25, 0.3) is 0 Å². The molecule has 1 unspecified atom stereocenters. The van der Waals surface area contributed by atoms with E-state index in [4.69, 9.17) is 0 Å². The van der Waals surface area contributed by atoms with Crippen molar-refractivity contribution in [1.82, 2.24) is 4.98 Å². The van der Waals surface area contributed by atoms with E-state index in [1.165, 1.54) is 5.56 Å². The van der Waals surface area contributed by atoms with Crippen molar-refractivity contribution in [2.45, 2.75) is 98.2 Å². The third-order valence-electron chi connectivity index (χ3n) is 6.64. The molecule has 1 aliphatic carbocycles. The number of H-pyrrole nitrogens is 1. The Morgan fingerprint density at radius 2 is 1.39 bits per heavy atom. The Labute approximate surface area is 199 Å². The minimum absolute atomic E-state index is 0. The van der Waals surface area contributed by atoms with Crippen molar-refractivity contribution in [3.63, 3.8) is 0 Å². The molecule has 2 rings (SSSR count). The molecule has 28 heavy (non-hydrogen) atoms. The van der Waals surface area contributed by atoms with Crippen LogP contribution in [0.3, 0.4) is 0 Å². The fraction of sp³-hybridized carbons (Fsp3) is 0.652. The largest absolute Gasteiger partial charge is 1.00 e. The minimum atomic E-state index is -0.876. The van der Waals surface area contributed by atoms with E-state index in [9.17, 15) is 0 Å². The number of halogens is 2. The molecule has 1 nitrogen and oxygen atoms in total. The van der Waals surface area contributed by atoms with E-state index < -0.39 is 32.0 Å². The second-order valence-corrected chi connectivity index (χ2v) is 17.2. The number of allylic oxidation sites excluding steroid dienone is 4. The minimum Gasteiger partial charge on any atom is -1.00 e. The summed E-state index contributed by atoms with van der Waals surface area (Å²) in [4.78, 5) is 3.78. The van der Waals surface area contributed by atoms with Gasteiger partial charge in [-0.2, -0.15) is 0 Å². The number of rotatable bonds is 3. The van der Waals surface area contributed by atoms with Gasteiger partial charge < -0.3 is 24.8 Å². The Balaban J connectivity index is 0.00000364. The van der Waals surface area contributed by atoms with E-state index in [0.29, 0.717) is 5.04 Å². The molecule has 1 atom stereocenters. The monoisotopic (exact) mass is 517 g/mol. The molecule has 5 heteroatoms. The summed E-state index contributed by atoms with van der Waals surface area (Å²) in [6, 6.07) is 0. The molecule has 1 heterocycles. The van der Waals surface area contributed by atoms with Gasteiger partial charge in [0.2, 0.25) is 0 Å². The maximum Gasteiger partial charge on any atom is -1.00 e. The zero-order chi connectivity index (χ0) is 20.2. The first-order chi connectivity index (χ1) is 11.6. The van der Waals surface area contributed by atoms with Crippen LogP contribution in [-0.4, -0.2) is 13.8 Å². The van der Waals surface area contributed by atoms with Gasteiger partial charge in [0, 0.05) is 0 Å². The van der Waals surface area contributed by atoms with Crippen LogP contribution in [0.2, 0.25) is 18.1 Å². The summed E-state index contributed by atoms with van der Waals surface area (Å²) in [6.07, 6.45) is 2.32. The first-order valence-electron chi connectivity index (χ1n) is 10.0. The van der Waals surface area contributed by atoms with Crippen LogP contribution in [0.5, 0.6) is 0 Å². The van der Waals surface area contributed by atoms with Crippen molar-refractivity contribution in [2.75, 3.05) is 0 Å². The summed E-state index contributed by atoms with van der Waals surface area (Å²) >= 11 is -0.876. The molecule has 1 aliphatic rings. The van der Waals surface area contributed by atoms with Crippen LogP contribution < -0.4 is 28.2 Å². The molecule has 1 aromatic rings. The first-order valence-corrected chi connectivity index (χ1v) is 15.4. The zero-order valence-electron chi connectivity index (χ0n) is 19.9. The molecule has 0 amide bonds. The van der Waals surface area contributed by atoms with Gasteiger partial charge in [-0.15, -0.1) is 0 Å². The number of hydrogen-bond acceptors (Lipinski definition) is 0. The molecule has 0 bridgehead atoms. The third kappa shape index (κ3) is 4.84. The Morgan fingerprint density at radius 1 is 0.893 bits per heavy atom. The molecule has 0 aromatic carbocycles. The molecule has 0 fully saturated rings. The van der Waals surface area contributed by atoms with E-state index in [2.05, 4.69) is 93.5 Å². The maximum absolute atomic E-state index is 3.78. The van der Waals surface area contributed by atoms with Gasteiger partial charge in [0.15, 0.2) is 0 Å². The van der Waals surface area contributed by atoms with E-state index in [0.717, 1.165) is 0 Å². The Kier molecular flexibility index (Phi) is 9.44. The van der Waals surface area contributed by atoms with Crippen molar-refractivity contribution >= 4 is 12.2 Å². The second kappa shape index (κ2) is 9.29. The van der Waals surface area contributed by atoms with Crippen molar-refractivity contribution in [3.8, 4) is 0 Å². The number of aromatic amines is 1. The van der Waals surface area contributed by atoms with Crippen molar-refractivity contribution in [3.05, 3.63) is 37.3 Å². The van der Waals surface area contributed by atoms with Crippen molar-refractivity contribution in [1.29, 1.82) is 0 Å². The van der Waals surface area contributed by atoms with Gasteiger partial charge >= 0.3 is 176 Å². The van der Waals surface area contributed by atoms with E-state index in [1.54, 1.807) is 25.7 Å². The Hall–Kier alpha value is 0.440. The normalized spacial score (nSPS) is 20.3. The predicted octanol–water partition coefficient (Wildman–Crippen LogP) is 0.197. The fourth-order valence-corrected chi connectivity index (χ4v) is 13.4. The first kappa shape index (κ1) is 28.4. The molecule has 1 N–H and O–H groups in total. The molecule has 0 saturated carbocycles. The number of aromatic nitrogens is 1. The van der Waals surface area contributed by atoms with Crippen LogP contribution in [0.1, 0.15) is 80.4 Å². The molecule has 1 aromatic heterocycles. The van der Waals surface area contributed by atoms with E-state index >= 15 is 0 Å². The van der Waals surface area contributed by atoms with Gasteiger partial charge in [0.1, 0.15) is 0 Å². The van der Waals surface area contributed by atoms with Gasteiger partial charge in [-0.3, -0.25) is 0 Å². The van der Waals surface area contributed by atoms with E-state index in [-0.39, 0.29) is 35.6 Å². The van der Waals surface area contributed by atoms with Crippen LogP contribution >= 0.6 is 0 Å². The topological polar surface area (TPSA) is 15.8 Å². The van der Waals surface area contributed by atoms with E-state index in [1.807, 2.05) is 3.28 Å². The average molecular weight is 520 g/mol. The number of nitrogens with one attached hydrogen (secondary N) is 1. The summed E-state index contributed by atoms with van der Waals surface area (Å²) < 4.78 is 3.44. The van der Waals surface area contributed by atoms with Crippen molar-refractivity contribution in [2.24, 2.45) is 0 Å². The molecule has 0 saturated heterocycles. The molecule has 158 valence electrons. The van der Waals surface area contributed by atoms with Crippen LogP contribution in [0.4, 0.5) is 0 Å². The van der Waals surface area contributed by atoms with Gasteiger partial charge in [-0.25, -0.2) is 0 Å². The summed E-state index contributed by atoms with van der Waals surface area (Å²) in [7, 11) is -0.843. The summed E-state index contributed by atoms with van der Waals surface area (Å²) in [5.41, 5.74) is 8.35. The van der Waals surface area contributed by atoms with Crippen LogP contribution in [0, 0.1) is 0 Å². The number of hydrogen-bond donors (Lipinski definition) is 1. The molecule has 0 spiro atoms. The third-order valence-corrected chi connectivity index (χ3v) is 14.8. The second-order valence-electron chi connectivity index (χ2n) is 10.7. The average Bonchev–Trinajstić information content (AvgIpc) is 2.98. The SMILES string of the molecule is CC1=C(C)C(C)([SiH](C)C)[C]([Zr+2][c]2[nH]cc(C(C)(C)C)c2C(C)(C)C)=C1C.[Cl-].[Cl-]. The standard InChI is InChI=1S/C12H20N.C11H19Si.2ClH.Zr/c1-11(2,3)9-7-13-8-10(9)12(4,5)6;1-8-7-11(4,12(5)6)10(3)9(8)2;;;/h7,13H,1-6H3;12H,1-6H3;2*1H;/q;;;;+2/p-2. The van der Waals surface area contributed by atoms with Gasteiger partial charge in [-0.1, -0.05) is 0 Å². The Bertz CT molecular complexity index is 776. The van der Waals surface area contributed by atoms with Gasteiger partial charge in [-0.05, 0) is 0 Å². The predicted molar refractivity (Wildman–Crippen MR) is 116 cm³/mol. The summed E-state index contributed by atoms with van der Waals surface area (Å²) in [6.45, 7) is 29.0. The van der Waals surface area contributed by atoms with Crippen molar-refractivity contribution < 1.29 is 48.0 Å². The summed E-state index contributed by atoms with van der Waals surface area (Å²) in [5, 5.41) is 0.377. The molecular weight excluding hydrogens is 480 g/mol. The molecular formula is C23H39Cl2NSiZr. The zero-order valence-corrected chi connectivity index (χ0v) is 25.0. The Morgan fingerprint density at radius 3 is 1.79 bits per heavy atom. The fourth-order valence-electron chi connectivity index (χ4n) is 4.40. The van der Waals surface area contributed by atoms with Crippen LogP contribution in [0.15, 0.2) is 26.2 Å². The smallest absolute Gasteiger partial charge is 1.00 e. The molecule has 0 aliphatic heterocycles. The van der Waals surface area contributed by atoms with Gasteiger partial charge in [0.05, 0.1) is 0 Å². The van der Waals surface area contributed by atoms with Gasteiger partial charge in [0.25, 0.3) is 0 Å². The molecule has 0 radical (unpaired) electrons. The maximum atomic E-state index is 3.78. The van der Waals surface area contributed by atoms with Crippen LogP contribution in [-0.2, 0) is 34.1 Å². The quantitative estimate of drug-likeness (QED) is 0.550. The summed E-state index contributed by atoms with van der Waals surface area (Å²) in [5.74, 6) is 0.